The highest BCUT2D eigenvalue weighted by Crippen LogP contribution is 2.33. The second-order valence-corrected chi connectivity index (χ2v) is 4.58. The van der Waals surface area contributed by atoms with E-state index in [1.165, 1.54) is 10.7 Å². The molecule has 0 saturated carbocycles. The maximum atomic E-state index is 11.4. The minimum atomic E-state index is -0.298. The molecule has 2 aromatic heterocycles. The van der Waals surface area contributed by atoms with Crippen molar-refractivity contribution < 1.29 is 4.74 Å². The number of benzene rings is 1. The van der Waals surface area contributed by atoms with Crippen LogP contribution in [0.15, 0.2) is 41.5 Å². The molecule has 3 aromatic rings. The Morgan fingerprint density at radius 2 is 2.30 bits per heavy atom. The average molecular weight is 269 g/mol. The number of nitrogens with one attached hydrogen (secondary N) is 2. The highest BCUT2D eigenvalue weighted by Gasteiger charge is 2.23. The number of hydrogen-bond donors (Lipinski definition) is 2. The summed E-state index contributed by atoms with van der Waals surface area (Å²) in [5.41, 5.74) is 1.34. The van der Waals surface area contributed by atoms with E-state index in [0.717, 1.165) is 11.3 Å². The lowest BCUT2D eigenvalue weighted by Gasteiger charge is -2.11. The van der Waals surface area contributed by atoms with E-state index < -0.39 is 0 Å². The average Bonchev–Trinajstić information content (AvgIpc) is 3.04. The van der Waals surface area contributed by atoms with E-state index in [1.807, 2.05) is 24.3 Å². The SMILES string of the molecule is O=c1[nH]nc2cc(NC3COc4ccccc43)ncn12. The molecule has 0 fully saturated rings. The number of aromatic nitrogens is 4. The van der Waals surface area contributed by atoms with Gasteiger partial charge < -0.3 is 10.1 Å². The van der Waals surface area contributed by atoms with Crippen LogP contribution < -0.4 is 15.7 Å². The predicted molar refractivity (Wildman–Crippen MR) is 71.9 cm³/mol. The van der Waals surface area contributed by atoms with Gasteiger partial charge in [0, 0.05) is 11.6 Å². The molecule has 1 aromatic carbocycles. The summed E-state index contributed by atoms with van der Waals surface area (Å²) in [6.45, 7) is 0.555. The van der Waals surface area contributed by atoms with E-state index in [2.05, 4.69) is 20.5 Å². The summed E-state index contributed by atoms with van der Waals surface area (Å²) in [6, 6.07) is 9.66. The molecule has 100 valence electrons. The zero-order chi connectivity index (χ0) is 13.5. The van der Waals surface area contributed by atoms with Crippen LogP contribution in [0.4, 0.5) is 5.82 Å². The summed E-state index contributed by atoms with van der Waals surface area (Å²) < 4.78 is 6.96. The van der Waals surface area contributed by atoms with Gasteiger partial charge in [-0.3, -0.25) is 0 Å². The van der Waals surface area contributed by atoms with E-state index in [-0.39, 0.29) is 11.7 Å². The lowest BCUT2D eigenvalue weighted by molar-refractivity contribution is 0.339. The normalized spacial score (nSPS) is 16.9. The summed E-state index contributed by atoms with van der Waals surface area (Å²) in [6.07, 6.45) is 1.45. The quantitative estimate of drug-likeness (QED) is 0.724. The Morgan fingerprint density at radius 1 is 1.40 bits per heavy atom. The van der Waals surface area contributed by atoms with Gasteiger partial charge in [-0.05, 0) is 6.07 Å². The fraction of sp³-hybridized carbons (Fsp3) is 0.154. The van der Waals surface area contributed by atoms with E-state index in [1.54, 1.807) is 6.07 Å². The molecule has 0 aliphatic carbocycles. The van der Waals surface area contributed by atoms with Crippen molar-refractivity contribution in [1.82, 2.24) is 19.6 Å². The number of H-pyrrole nitrogens is 1. The molecular formula is C13H11N5O2. The molecule has 7 nitrogen and oxygen atoms in total. The first-order valence-electron chi connectivity index (χ1n) is 6.22. The monoisotopic (exact) mass is 269 g/mol. The summed E-state index contributed by atoms with van der Waals surface area (Å²) in [7, 11) is 0. The van der Waals surface area contributed by atoms with Crippen molar-refractivity contribution in [3.8, 4) is 5.75 Å². The van der Waals surface area contributed by atoms with Gasteiger partial charge >= 0.3 is 5.69 Å². The van der Waals surface area contributed by atoms with Gasteiger partial charge in [-0.2, -0.15) is 5.10 Å². The second kappa shape index (κ2) is 4.09. The minimum Gasteiger partial charge on any atom is -0.491 e. The smallest absolute Gasteiger partial charge is 0.348 e. The van der Waals surface area contributed by atoms with Crippen LogP contribution in [0.1, 0.15) is 11.6 Å². The maximum absolute atomic E-state index is 11.4. The lowest BCUT2D eigenvalue weighted by atomic mass is 10.1. The molecular weight excluding hydrogens is 258 g/mol. The van der Waals surface area contributed by atoms with E-state index in [0.29, 0.717) is 18.1 Å². The largest absolute Gasteiger partial charge is 0.491 e. The van der Waals surface area contributed by atoms with Crippen molar-refractivity contribution >= 4 is 11.5 Å². The molecule has 2 N–H and O–H groups in total. The third-order valence-corrected chi connectivity index (χ3v) is 3.33. The van der Waals surface area contributed by atoms with Crippen LogP contribution in [0.3, 0.4) is 0 Å². The first-order valence-corrected chi connectivity index (χ1v) is 6.22. The lowest BCUT2D eigenvalue weighted by Crippen LogP contribution is -2.14. The van der Waals surface area contributed by atoms with Crippen molar-refractivity contribution in [3.63, 3.8) is 0 Å². The Balaban J connectivity index is 1.67. The Hall–Kier alpha value is -2.83. The molecule has 4 rings (SSSR count). The maximum Gasteiger partial charge on any atom is 0.348 e. The molecule has 20 heavy (non-hydrogen) atoms. The van der Waals surface area contributed by atoms with Crippen molar-refractivity contribution in [2.45, 2.75) is 6.04 Å². The molecule has 1 unspecified atom stereocenters. The highest BCUT2D eigenvalue weighted by molar-refractivity contribution is 5.51. The van der Waals surface area contributed by atoms with Crippen LogP contribution in [0.2, 0.25) is 0 Å². The Bertz CT molecular complexity index is 838. The summed E-state index contributed by atoms with van der Waals surface area (Å²) in [4.78, 5) is 15.6. The molecule has 1 atom stereocenters. The molecule has 7 heteroatoms. The third kappa shape index (κ3) is 1.63. The van der Waals surface area contributed by atoms with Crippen molar-refractivity contribution in [2.75, 3.05) is 11.9 Å². The topological polar surface area (TPSA) is 84.3 Å². The van der Waals surface area contributed by atoms with Crippen molar-refractivity contribution in [1.29, 1.82) is 0 Å². The van der Waals surface area contributed by atoms with E-state index in [4.69, 9.17) is 4.74 Å². The molecule has 0 amide bonds. The first-order chi connectivity index (χ1) is 9.81. The van der Waals surface area contributed by atoms with Gasteiger partial charge in [0.05, 0.1) is 6.04 Å². The molecule has 0 radical (unpaired) electrons. The number of fused-ring (bicyclic) bond motifs is 2. The fourth-order valence-corrected chi connectivity index (χ4v) is 2.35. The van der Waals surface area contributed by atoms with Crippen LogP contribution in [0, 0.1) is 0 Å². The van der Waals surface area contributed by atoms with Crippen molar-refractivity contribution in [2.24, 2.45) is 0 Å². The molecule has 0 saturated heterocycles. The van der Waals surface area contributed by atoms with Gasteiger partial charge in [-0.25, -0.2) is 19.3 Å². The predicted octanol–water partition coefficient (Wildman–Crippen LogP) is 0.963. The van der Waals surface area contributed by atoms with E-state index in [9.17, 15) is 4.79 Å². The number of rotatable bonds is 2. The number of ether oxygens (including phenoxy) is 1. The summed E-state index contributed by atoms with van der Waals surface area (Å²) in [5.74, 6) is 1.55. The third-order valence-electron chi connectivity index (χ3n) is 3.33. The van der Waals surface area contributed by atoms with Gasteiger partial charge in [-0.15, -0.1) is 0 Å². The van der Waals surface area contributed by atoms with Gasteiger partial charge in [0.1, 0.15) is 24.5 Å². The molecule has 0 spiro atoms. The molecule has 0 bridgehead atoms. The minimum absolute atomic E-state index is 0.0480. The van der Waals surface area contributed by atoms with Crippen molar-refractivity contribution in [3.05, 3.63) is 52.7 Å². The standard InChI is InChI=1S/C13H11N5O2/c19-13-17-16-12-5-11(14-7-18(12)13)15-9-6-20-10-4-2-1-3-8(9)10/h1-5,7,9,15H,6H2,(H,17,19). The Labute approximate surface area is 113 Å². The Kier molecular flexibility index (Phi) is 2.26. The van der Waals surface area contributed by atoms with E-state index >= 15 is 0 Å². The molecule has 1 aliphatic rings. The second-order valence-electron chi connectivity index (χ2n) is 4.58. The molecule has 1 aliphatic heterocycles. The number of aromatic amines is 1. The zero-order valence-electron chi connectivity index (χ0n) is 10.4. The number of anilines is 1. The van der Waals surface area contributed by atoms with Crippen LogP contribution in [0.5, 0.6) is 5.75 Å². The van der Waals surface area contributed by atoms with Gasteiger partial charge in [0.2, 0.25) is 0 Å². The van der Waals surface area contributed by atoms with Crippen LogP contribution in [0.25, 0.3) is 5.65 Å². The van der Waals surface area contributed by atoms with Gasteiger partial charge in [0.15, 0.2) is 5.65 Å². The van der Waals surface area contributed by atoms with Gasteiger partial charge in [-0.1, -0.05) is 18.2 Å². The zero-order valence-corrected chi connectivity index (χ0v) is 10.4. The van der Waals surface area contributed by atoms with Crippen LogP contribution in [-0.4, -0.2) is 26.2 Å². The van der Waals surface area contributed by atoms with Gasteiger partial charge in [0.25, 0.3) is 0 Å². The Morgan fingerprint density at radius 3 is 3.25 bits per heavy atom. The number of hydrogen-bond acceptors (Lipinski definition) is 5. The first kappa shape index (κ1) is 11.0. The summed E-state index contributed by atoms with van der Waals surface area (Å²) >= 11 is 0. The number of para-hydroxylation sites is 1. The summed E-state index contributed by atoms with van der Waals surface area (Å²) in [5, 5.41) is 9.58. The molecule has 3 heterocycles. The fourth-order valence-electron chi connectivity index (χ4n) is 2.35. The van der Waals surface area contributed by atoms with Crippen LogP contribution >= 0.6 is 0 Å². The van der Waals surface area contributed by atoms with Crippen LogP contribution in [-0.2, 0) is 0 Å². The highest BCUT2D eigenvalue weighted by atomic mass is 16.5. The number of nitrogens with zero attached hydrogens (tertiary/aromatic N) is 3.